The fourth-order valence-electron chi connectivity index (χ4n) is 2.45. The van der Waals surface area contributed by atoms with E-state index in [1.165, 1.54) is 9.47 Å². The van der Waals surface area contributed by atoms with Gasteiger partial charge in [0.25, 0.3) is 0 Å². The largest absolute Gasteiger partial charge is 0.348 e. The van der Waals surface area contributed by atoms with Gasteiger partial charge in [0.2, 0.25) is 17.6 Å². The molecule has 0 radical (unpaired) electrons. The van der Waals surface area contributed by atoms with Crippen LogP contribution in [0.2, 0.25) is 0 Å². The number of nitrogens with zero attached hydrogens (tertiary/aromatic N) is 6. The second kappa shape index (κ2) is 7.26. The topological polar surface area (TPSA) is 107 Å². The van der Waals surface area contributed by atoms with E-state index in [2.05, 4.69) is 20.1 Å². The van der Waals surface area contributed by atoms with Gasteiger partial charge in [0.1, 0.15) is 6.54 Å². The maximum Gasteiger partial charge on any atom is 0.348 e. The van der Waals surface area contributed by atoms with Crippen molar-refractivity contribution in [2.24, 2.45) is 0 Å². The number of carbonyl (C=O) groups excluding carboxylic acids is 1. The number of aromatic nitrogens is 5. The molecule has 0 fully saturated rings. The first-order valence-electron chi connectivity index (χ1n) is 7.96. The van der Waals surface area contributed by atoms with Crippen LogP contribution in [0.15, 0.2) is 39.9 Å². The molecule has 0 N–H and O–H groups in total. The van der Waals surface area contributed by atoms with E-state index in [4.69, 9.17) is 4.52 Å². The molecular weight excluding hydrogens is 336 g/mol. The molecule has 9 heteroatoms. The Hall–Kier alpha value is -3.36. The number of aryl methyl sites for hydroxylation is 2. The van der Waals surface area contributed by atoms with Gasteiger partial charge in [-0.2, -0.15) is 9.97 Å². The summed E-state index contributed by atoms with van der Waals surface area (Å²) in [4.78, 5) is 37.9. The zero-order chi connectivity index (χ0) is 18.7. The highest BCUT2D eigenvalue weighted by Crippen LogP contribution is 2.14. The highest BCUT2D eigenvalue weighted by Gasteiger charge is 2.16. The first-order chi connectivity index (χ1) is 12.4. The first-order valence-corrected chi connectivity index (χ1v) is 7.96. The summed E-state index contributed by atoms with van der Waals surface area (Å²) in [5, 5.41) is 3.90. The number of hydrogen-bond donors (Lipinski definition) is 0. The molecule has 1 amide bonds. The van der Waals surface area contributed by atoms with E-state index in [0.717, 1.165) is 5.56 Å². The molecule has 3 heterocycles. The SMILES string of the molecule is Cc1cc(C)n(CC(=O)N(C)Cc2nc(-c3ccncc3)no2)c(=O)n1. The van der Waals surface area contributed by atoms with Crippen LogP contribution in [0.3, 0.4) is 0 Å². The molecule has 0 aliphatic carbocycles. The number of likely N-dealkylation sites (N-methyl/N-ethyl adjacent to an activating group) is 1. The third-order valence-corrected chi connectivity index (χ3v) is 3.84. The number of hydrogen-bond acceptors (Lipinski definition) is 7. The van der Waals surface area contributed by atoms with E-state index in [9.17, 15) is 9.59 Å². The van der Waals surface area contributed by atoms with Crippen molar-refractivity contribution in [2.75, 3.05) is 7.05 Å². The van der Waals surface area contributed by atoms with Crippen molar-refractivity contribution in [3.63, 3.8) is 0 Å². The molecule has 3 rings (SSSR count). The van der Waals surface area contributed by atoms with Gasteiger partial charge in [-0.15, -0.1) is 0 Å². The first kappa shape index (κ1) is 17.5. The third kappa shape index (κ3) is 3.82. The summed E-state index contributed by atoms with van der Waals surface area (Å²) in [5.74, 6) is 0.473. The lowest BCUT2D eigenvalue weighted by Gasteiger charge is -2.16. The average molecular weight is 354 g/mol. The average Bonchev–Trinajstić information content (AvgIpc) is 3.07. The molecule has 0 saturated carbocycles. The van der Waals surface area contributed by atoms with Crippen LogP contribution in [0.25, 0.3) is 11.4 Å². The Balaban J connectivity index is 1.69. The Labute approximate surface area is 149 Å². The maximum absolute atomic E-state index is 12.4. The number of amides is 1. The molecule has 134 valence electrons. The molecule has 0 atom stereocenters. The summed E-state index contributed by atoms with van der Waals surface area (Å²) in [6, 6.07) is 5.29. The van der Waals surface area contributed by atoms with Crippen molar-refractivity contribution >= 4 is 5.91 Å². The monoisotopic (exact) mass is 354 g/mol. The fraction of sp³-hybridized carbons (Fsp3) is 0.294. The van der Waals surface area contributed by atoms with E-state index < -0.39 is 5.69 Å². The van der Waals surface area contributed by atoms with Gasteiger partial charge in [-0.25, -0.2) is 4.79 Å². The summed E-state index contributed by atoms with van der Waals surface area (Å²) in [6.45, 7) is 3.55. The van der Waals surface area contributed by atoms with E-state index in [1.807, 2.05) is 0 Å². The Bertz CT molecular complexity index is 980. The predicted octanol–water partition coefficient (Wildman–Crippen LogP) is 0.964. The van der Waals surface area contributed by atoms with E-state index >= 15 is 0 Å². The van der Waals surface area contributed by atoms with Gasteiger partial charge in [0.15, 0.2) is 0 Å². The molecule has 0 unspecified atom stereocenters. The normalized spacial score (nSPS) is 10.7. The Morgan fingerprint density at radius 3 is 2.65 bits per heavy atom. The standard InChI is InChI=1S/C17H18N6O3/c1-11-8-12(2)23(17(25)19-11)10-15(24)22(3)9-14-20-16(21-26-14)13-4-6-18-7-5-13/h4-8H,9-10H2,1-3H3. The molecule has 0 aliphatic heterocycles. The fourth-order valence-corrected chi connectivity index (χ4v) is 2.45. The number of rotatable bonds is 5. The van der Waals surface area contributed by atoms with Crippen molar-refractivity contribution in [2.45, 2.75) is 26.9 Å². The predicted molar refractivity (Wildman–Crippen MR) is 92.0 cm³/mol. The highest BCUT2D eigenvalue weighted by molar-refractivity contribution is 5.75. The molecule has 0 aromatic carbocycles. The second-order valence-electron chi connectivity index (χ2n) is 5.91. The molecule has 3 aromatic heterocycles. The summed E-state index contributed by atoms with van der Waals surface area (Å²) in [7, 11) is 1.61. The van der Waals surface area contributed by atoms with Gasteiger partial charge in [0, 0.05) is 36.4 Å². The van der Waals surface area contributed by atoms with Crippen molar-refractivity contribution in [1.29, 1.82) is 0 Å². The molecular formula is C17H18N6O3. The van der Waals surface area contributed by atoms with Crippen LogP contribution in [0.5, 0.6) is 0 Å². The molecule has 9 nitrogen and oxygen atoms in total. The van der Waals surface area contributed by atoms with Crippen LogP contribution in [0, 0.1) is 13.8 Å². The van der Waals surface area contributed by atoms with Crippen LogP contribution < -0.4 is 5.69 Å². The van der Waals surface area contributed by atoms with Crippen molar-refractivity contribution in [1.82, 2.24) is 29.6 Å². The quantitative estimate of drug-likeness (QED) is 0.672. The van der Waals surface area contributed by atoms with Crippen molar-refractivity contribution in [3.05, 3.63) is 58.4 Å². The van der Waals surface area contributed by atoms with E-state index in [1.54, 1.807) is 51.5 Å². The number of pyridine rings is 1. The summed E-state index contributed by atoms with van der Waals surface area (Å²) in [5.41, 5.74) is 1.64. The lowest BCUT2D eigenvalue weighted by Crippen LogP contribution is -2.35. The van der Waals surface area contributed by atoms with Crippen LogP contribution in [-0.4, -0.2) is 42.5 Å². The summed E-state index contributed by atoms with van der Waals surface area (Å²) < 4.78 is 6.53. The zero-order valence-corrected chi connectivity index (χ0v) is 14.7. The Kier molecular flexibility index (Phi) is 4.87. The smallest absolute Gasteiger partial charge is 0.337 e. The molecule has 0 saturated heterocycles. The Morgan fingerprint density at radius 2 is 1.96 bits per heavy atom. The second-order valence-corrected chi connectivity index (χ2v) is 5.91. The molecule has 26 heavy (non-hydrogen) atoms. The lowest BCUT2D eigenvalue weighted by atomic mass is 10.2. The maximum atomic E-state index is 12.4. The molecule has 0 bridgehead atoms. The zero-order valence-electron chi connectivity index (χ0n) is 14.7. The van der Waals surface area contributed by atoms with Gasteiger partial charge >= 0.3 is 5.69 Å². The highest BCUT2D eigenvalue weighted by atomic mass is 16.5. The van der Waals surface area contributed by atoms with Crippen molar-refractivity contribution in [3.8, 4) is 11.4 Å². The molecule has 3 aromatic rings. The summed E-state index contributed by atoms with van der Waals surface area (Å²) >= 11 is 0. The number of carbonyl (C=O) groups is 1. The van der Waals surface area contributed by atoms with E-state index in [-0.39, 0.29) is 19.0 Å². The summed E-state index contributed by atoms with van der Waals surface area (Å²) in [6.07, 6.45) is 3.27. The van der Waals surface area contributed by atoms with Gasteiger partial charge in [-0.05, 0) is 32.0 Å². The molecule has 0 spiro atoms. The van der Waals surface area contributed by atoms with E-state index in [0.29, 0.717) is 23.1 Å². The van der Waals surface area contributed by atoms with Crippen LogP contribution in [0.1, 0.15) is 17.3 Å². The van der Waals surface area contributed by atoms with Gasteiger partial charge in [-0.3, -0.25) is 14.3 Å². The minimum absolute atomic E-state index is 0.0974. The van der Waals surface area contributed by atoms with Crippen LogP contribution in [-0.2, 0) is 17.9 Å². The van der Waals surface area contributed by atoms with Gasteiger partial charge < -0.3 is 9.42 Å². The lowest BCUT2D eigenvalue weighted by molar-refractivity contribution is -0.131. The van der Waals surface area contributed by atoms with Crippen LogP contribution in [0.4, 0.5) is 0 Å². The minimum Gasteiger partial charge on any atom is -0.337 e. The Morgan fingerprint density at radius 1 is 1.23 bits per heavy atom. The van der Waals surface area contributed by atoms with Gasteiger partial charge in [-0.1, -0.05) is 5.16 Å². The molecule has 0 aliphatic rings. The third-order valence-electron chi connectivity index (χ3n) is 3.84. The minimum atomic E-state index is -0.443. The van der Waals surface area contributed by atoms with Crippen molar-refractivity contribution < 1.29 is 9.32 Å². The van der Waals surface area contributed by atoms with Gasteiger partial charge in [0.05, 0.1) is 6.54 Å². The van der Waals surface area contributed by atoms with Crippen LogP contribution >= 0.6 is 0 Å².